The first kappa shape index (κ1) is 47.7. The van der Waals surface area contributed by atoms with Gasteiger partial charge in [-0.15, -0.1) is 0 Å². The molecule has 0 N–H and O–H groups in total. The Morgan fingerprint density at radius 1 is 0.547 bits per heavy atom. The third-order valence-corrected chi connectivity index (χ3v) is 12.3. The van der Waals surface area contributed by atoms with E-state index in [0.29, 0.717) is 17.2 Å². The minimum atomic E-state index is -1.25. The molecule has 0 amide bonds. The summed E-state index contributed by atoms with van der Waals surface area (Å²) in [6.07, 6.45) is -5.46. The predicted molar refractivity (Wildman–Crippen MR) is 224 cm³/mol. The molecule has 0 radical (unpaired) electrons. The number of fused-ring (bicyclic) bond motifs is 3. The number of ether oxygens (including phenoxy) is 12. The summed E-state index contributed by atoms with van der Waals surface area (Å²) < 4.78 is 70.7. The summed E-state index contributed by atoms with van der Waals surface area (Å²) in [6.45, 7) is 1.81. The maximum Gasteiger partial charge on any atom is 0.338 e. The molecule has 3 aliphatic rings. The standard InChI is InChI=1S/C47H56O17/c1-27(48)61-36-22-38(63-45(51)30-10-16-33(56-6)17-11-30)42(62-28(2)49)35-20-21-47(24-58-44(50)29-8-14-32(55-5)15-9-29)41(40(35)36)37(59-25-53-3)23-39(43(47)60-26-54-4)64-46(52)31-12-18-34(57-7)19-13-31/h8-19,35-43H,20-26H2,1-7H3/t35-,36-,37-,38-,39-,40+,41+,42+,43-,47+/m1/s1. The minimum absolute atomic E-state index is 0.0443. The molecule has 0 saturated heterocycles. The molecule has 64 heavy (non-hydrogen) atoms. The Bertz CT molecular complexity index is 2050. The van der Waals surface area contributed by atoms with E-state index >= 15 is 0 Å². The first-order valence-electron chi connectivity index (χ1n) is 20.9. The van der Waals surface area contributed by atoms with Gasteiger partial charge >= 0.3 is 29.8 Å². The van der Waals surface area contributed by atoms with Gasteiger partial charge < -0.3 is 56.8 Å². The van der Waals surface area contributed by atoms with Gasteiger partial charge in [-0.3, -0.25) is 9.59 Å². The van der Waals surface area contributed by atoms with Crippen molar-refractivity contribution in [3.8, 4) is 17.2 Å². The molecule has 3 aromatic rings. The van der Waals surface area contributed by atoms with Gasteiger partial charge in [0.25, 0.3) is 0 Å². The van der Waals surface area contributed by atoms with Gasteiger partial charge in [-0.25, -0.2) is 14.4 Å². The van der Waals surface area contributed by atoms with E-state index in [9.17, 15) is 24.0 Å². The molecule has 0 unspecified atom stereocenters. The molecular weight excluding hydrogens is 836 g/mol. The highest BCUT2D eigenvalue weighted by Crippen LogP contribution is 2.61. The van der Waals surface area contributed by atoms with Crippen molar-refractivity contribution in [1.82, 2.24) is 0 Å². The molecule has 17 nitrogen and oxygen atoms in total. The number of rotatable bonds is 18. The number of hydrogen-bond acceptors (Lipinski definition) is 17. The summed E-state index contributed by atoms with van der Waals surface area (Å²) in [7, 11) is 7.45. The molecule has 6 rings (SSSR count). The smallest absolute Gasteiger partial charge is 0.338 e. The van der Waals surface area contributed by atoms with E-state index in [1.807, 2.05) is 0 Å². The normalized spacial score (nSPS) is 27.1. The van der Waals surface area contributed by atoms with Gasteiger partial charge in [0.15, 0.2) is 0 Å². The summed E-state index contributed by atoms with van der Waals surface area (Å²) in [5, 5.41) is 0. The minimum Gasteiger partial charge on any atom is -0.497 e. The molecule has 3 aliphatic carbocycles. The van der Waals surface area contributed by atoms with Crippen LogP contribution in [0.25, 0.3) is 0 Å². The third kappa shape index (κ3) is 10.8. The maximum absolute atomic E-state index is 14.0. The topological polar surface area (TPSA) is 196 Å². The van der Waals surface area contributed by atoms with Crippen molar-refractivity contribution in [1.29, 1.82) is 0 Å². The Labute approximate surface area is 371 Å². The third-order valence-electron chi connectivity index (χ3n) is 12.3. The zero-order chi connectivity index (χ0) is 46.0. The van der Waals surface area contributed by atoms with Crippen molar-refractivity contribution in [2.24, 2.45) is 23.2 Å². The zero-order valence-corrected chi connectivity index (χ0v) is 37.0. The van der Waals surface area contributed by atoms with Crippen LogP contribution in [0.5, 0.6) is 17.2 Å². The lowest BCUT2D eigenvalue weighted by atomic mass is 9.47. The summed E-state index contributed by atoms with van der Waals surface area (Å²) >= 11 is 0. The van der Waals surface area contributed by atoms with E-state index < -0.39 is 89.6 Å². The summed E-state index contributed by atoms with van der Waals surface area (Å²) in [6, 6.07) is 19.2. The van der Waals surface area contributed by atoms with Crippen molar-refractivity contribution in [2.75, 3.05) is 55.7 Å². The van der Waals surface area contributed by atoms with Crippen molar-refractivity contribution in [3.05, 3.63) is 89.5 Å². The fraction of sp³-hybridized carbons (Fsp3) is 0.511. The summed E-state index contributed by atoms with van der Waals surface area (Å²) in [4.78, 5) is 67.6. The molecule has 10 atom stereocenters. The number of benzene rings is 3. The van der Waals surface area contributed by atoms with Gasteiger partial charge in [-0.05, 0) is 85.6 Å². The van der Waals surface area contributed by atoms with E-state index in [1.165, 1.54) is 49.4 Å². The van der Waals surface area contributed by atoms with Crippen LogP contribution < -0.4 is 14.2 Å². The van der Waals surface area contributed by atoms with Crippen LogP contribution in [-0.2, 0) is 52.2 Å². The van der Waals surface area contributed by atoms with Gasteiger partial charge in [0.1, 0.15) is 68.0 Å². The van der Waals surface area contributed by atoms with E-state index in [4.69, 9.17) is 56.8 Å². The van der Waals surface area contributed by atoms with Gasteiger partial charge in [-0.2, -0.15) is 0 Å². The molecule has 0 aromatic heterocycles. The van der Waals surface area contributed by atoms with Crippen molar-refractivity contribution >= 4 is 29.8 Å². The fourth-order valence-electron chi connectivity index (χ4n) is 9.74. The second-order valence-corrected chi connectivity index (χ2v) is 16.0. The molecule has 0 bridgehead atoms. The van der Waals surface area contributed by atoms with Crippen LogP contribution in [-0.4, -0.2) is 122 Å². The molecule has 0 heterocycles. The monoisotopic (exact) mass is 892 g/mol. The molecule has 3 saturated carbocycles. The van der Waals surface area contributed by atoms with Crippen molar-refractivity contribution in [2.45, 2.75) is 76.2 Å². The molecule has 0 spiro atoms. The highest BCUT2D eigenvalue weighted by molar-refractivity contribution is 5.90. The van der Waals surface area contributed by atoms with Gasteiger partial charge in [0.2, 0.25) is 0 Å². The van der Waals surface area contributed by atoms with Crippen LogP contribution in [0.3, 0.4) is 0 Å². The second-order valence-electron chi connectivity index (χ2n) is 16.0. The van der Waals surface area contributed by atoms with Crippen LogP contribution in [0.15, 0.2) is 72.8 Å². The Kier molecular flexibility index (Phi) is 16.2. The van der Waals surface area contributed by atoms with E-state index in [-0.39, 0.29) is 62.6 Å². The van der Waals surface area contributed by atoms with Crippen LogP contribution in [0.4, 0.5) is 0 Å². The summed E-state index contributed by atoms with van der Waals surface area (Å²) in [5.74, 6) is -3.66. The van der Waals surface area contributed by atoms with Gasteiger partial charge in [0.05, 0.1) is 44.1 Å². The Morgan fingerprint density at radius 2 is 1.02 bits per heavy atom. The molecule has 3 aromatic carbocycles. The Morgan fingerprint density at radius 3 is 1.50 bits per heavy atom. The predicted octanol–water partition coefficient (Wildman–Crippen LogP) is 5.60. The van der Waals surface area contributed by atoms with Gasteiger partial charge in [-0.1, -0.05) is 0 Å². The maximum atomic E-state index is 14.0. The number of methoxy groups -OCH3 is 5. The van der Waals surface area contributed by atoms with Crippen LogP contribution in [0.2, 0.25) is 0 Å². The Balaban J connectivity index is 1.46. The average Bonchev–Trinajstić information content (AvgIpc) is 3.30. The van der Waals surface area contributed by atoms with Crippen LogP contribution in [0.1, 0.15) is 70.6 Å². The fourth-order valence-corrected chi connectivity index (χ4v) is 9.74. The summed E-state index contributed by atoms with van der Waals surface area (Å²) in [5.41, 5.74) is -0.541. The van der Waals surface area contributed by atoms with E-state index in [0.717, 1.165) is 0 Å². The lowest BCUT2D eigenvalue weighted by Crippen LogP contribution is -2.70. The van der Waals surface area contributed by atoms with Crippen LogP contribution >= 0.6 is 0 Å². The molecule has 346 valence electrons. The first-order chi connectivity index (χ1) is 30.9. The van der Waals surface area contributed by atoms with E-state index in [2.05, 4.69) is 0 Å². The quantitative estimate of drug-likeness (QED) is 0.0869. The molecule has 0 aliphatic heterocycles. The lowest BCUT2D eigenvalue weighted by molar-refractivity contribution is -0.287. The largest absolute Gasteiger partial charge is 0.497 e. The van der Waals surface area contributed by atoms with Crippen LogP contribution in [0, 0.1) is 23.2 Å². The molecule has 3 fully saturated rings. The number of esters is 5. The number of carbonyl (C=O) groups is 5. The van der Waals surface area contributed by atoms with Gasteiger partial charge in [0, 0.05) is 64.1 Å². The highest BCUT2D eigenvalue weighted by atomic mass is 16.7. The highest BCUT2D eigenvalue weighted by Gasteiger charge is 2.68. The van der Waals surface area contributed by atoms with Crippen molar-refractivity contribution in [3.63, 3.8) is 0 Å². The zero-order valence-electron chi connectivity index (χ0n) is 37.0. The number of carbonyl (C=O) groups excluding carboxylic acids is 5. The SMILES string of the molecule is COCO[C@@H]1[C@H](OC(=O)c2ccc(OC)cc2)C[C@@H](OCOC)[C@H]2[C@H]3[C@@H](CC[C@]21COC(=O)c1ccc(OC)cc1)[C@H](OC(C)=O)[C@H](OC(=O)c1ccc(OC)cc1)C[C@H]3OC(C)=O. The Hall–Kier alpha value is -5.75. The average molecular weight is 893 g/mol. The molecule has 17 heteroatoms. The molecular formula is C47H56O17. The van der Waals surface area contributed by atoms with E-state index in [1.54, 1.807) is 72.8 Å². The first-order valence-corrected chi connectivity index (χ1v) is 20.9. The number of hydrogen-bond donors (Lipinski definition) is 0. The lowest BCUT2D eigenvalue weighted by Gasteiger charge is -2.62. The second kappa shape index (κ2) is 21.8. The van der Waals surface area contributed by atoms with Crippen molar-refractivity contribution < 1.29 is 80.8 Å².